The van der Waals surface area contributed by atoms with Crippen molar-refractivity contribution in [3.8, 4) is 5.75 Å². The van der Waals surface area contributed by atoms with Gasteiger partial charge in [0.1, 0.15) is 11.9 Å². The van der Waals surface area contributed by atoms with Crippen LogP contribution in [-0.4, -0.2) is 48.2 Å². The van der Waals surface area contributed by atoms with E-state index in [1.54, 1.807) is 25.0 Å². The van der Waals surface area contributed by atoms with Crippen LogP contribution in [0.15, 0.2) is 42.0 Å². The molecule has 8 heteroatoms. The topological polar surface area (TPSA) is 42.0 Å². The van der Waals surface area contributed by atoms with E-state index >= 15 is 0 Å². The lowest BCUT2D eigenvalue weighted by molar-refractivity contribution is -0.137. The first kappa shape index (κ1) is 30.5. The Hall–Kier alpha value is -3.00. The van der Waals surface area contributed by atoms with Gasteiger partial charge in [-0.05, 0) is 111 Å². The van der Waals surface area contributed by atoms with E-state index in [1.807, 2.05) is 6.92 Å². The Labute approximate surface area is 247 Å². The van der Waals surface area contributed by atoms with Gasteiger partial charge in [-0.2, -0.15) is 13.2 Å². The molecule has 2 fully saturated rings. The van der Waals surface area contributed by atoms with Gasteiger partial charge >= 0.3 is 12.3 Å². The highest BCUT2D eigenvalue weighted by Gasteiger charge is 2.42. The first-order valence-corrected chi connectivity index (χ1v) is 15.0. The van der Waals surface area contributed by atoms with E-state index in [4.69, 9.17) is 9.47 Å². The molecule has 2 heterocycles. The molecule has 0 aromatic heterocycles. The third kappa shape index (κ3) is 6.34. The lowest BCUT2D eigenvalue weighted by atomic mass is 9.72. The maximum atomic E-state index is 13.6. The first-order chi connectivity index (χ1) is 19.8. The maximum Gasteiger partial charge on any atom is 0.416 e. The van der Waals surface area contributed by atoms with Crippen LogP contribution in [0.25, 0.3) is 5.57 Å². The molecule has 1 amide bonds. The molecule has 0 saturated carbocycles. The van der Waals surface area contributed by atoms with Gasteiger partial charge in [-0.3, -0.25) is 9.80 Å². The van der Waals surface area contributed by atoms with Crippen LogP contribution in [0.1, 0.15) is 93.7 Å². The fraction of sp³-hybridized carbons (Fsp3) is 0.559. The second-order valence-corrected chi connectivity index (χ2v) is 13.2. The minimum Gasteiger partial charge on any atom is -0.496 e. The number of halogens is 3. The van der Waals surface area contributed by atoms with Crippen LogP contribution in [-0.2, 0) is 17.5 Å². The summed E-state index contributed by atoms with van der Waals surface area (Å²) in [5.74, 6) is 0.815. The van der Waals surface area contributed by atoms with Crippen LogP contribution in [0.5, 0.6) is 5.75 Å². The third-order valence-electron chi connectivity index (χ3n) is 9.34. The number of aryl methyl sites for hydroxylation is 1. The molecule has 2 aromatic rings. The van der Waals surface area contributed by atoms with E-state index in [2.05, 4.69) is 43.9 Å². The van der Waals surface area contributed by atoms with Crippen LogP contribution >= 0.6 is 0 Å². The predicted octanol–water partition coefficient (Wildman–Crippen LogP) is 8.55. The molecule has 0 unspecified atom stereocenters. The lowest BCUT2D eigenvalue weighted by Gasteiger charge is -2.36. The highest BCUT2D eigenvalue weighted by molar-refractivity contribution is 5.77. The van der Waals surface area contributed by atoms with E-state index in [0.29, 0.717) is 23.7 Å². The van der Waals surface area contributed by atoms with Gasteiger partial charge in [-0.15, -0.1) is 0 Å². The smallest absolute Gasteiger partial charge is 0.416 e. The van der Waals surface area contributed by atoms with Crippen molar-refractivity contribution >= 4 is 11.7 Å². The molecule has 2 aromatic carbocycles. The Morgan fingerprint density at radius 3 is 2.52 bits per heavy atom. The van der Waals surface area contributed by atoms with Gasteiger partial charge < -0.3 is 9.47 Å². The monoisotopic (exact) mass is 584 g/mol. The van der Waals surface area contributed by atoms with Crippen molar-refractivity contribution in [2.45, 2.75) is 97.6 Å². The normalized spacial score (nSPS) is 24.8. The molecule has 3 atom stereocenters. The third-order valence-corrected chi connectivity index (χ3v) is 9.34. The Balaban J connectivity index is 1.47. The van der Waals surface area contributed by atoms with Gasteiger partial charge in [0.2, 0.25) is 0 Å². The fourth-order valence-electron chi connectivity index (χ4n) is 6.95. The molecule has 2 saturated heterocycles. The largest absolute Gasteiger partial charge is 0.496 e. The molecule has 0 radical (unpaired) electrons. The van der Waals surface area contributed by atoms with Crippen LogP contribution in [0, 0.1) is 12.3 Å². The van der Waals surface area contributed by atoms with Crippen molar-refractivity contribution in [1.29, 1.82) is 0 Å². The predicted molar refractivity (Wildman–Crippen MR) is 158 cm³/mol. The number of carbonyl (C=O) groups is 1. The number of carbonyl (C=O) groups excluding carboxylic acids is 1. The zero-order chi connectivity index (χ0) is 30.4. The highest BCUT2D eigenvalue weighted by Crippen LogP contribution is 2.46. The number of rotatable bonds is 7. The summed E-state index contributed by atoms with van der Waals surface area (Å²) in [6, 6.07) is 10.5. The van der Waals surface area contributed by atoms with E-state index in [1.165, 1.54) is 24.0 Å². The van der Waals surface area contributed by atoms with E-state index in [0.717, 1.165) is 61.4 Å². The number of allylic oxidation sites excluding steroid dienone is 1. The number of nitrogens with zero attached hydrogens (tertiary/aromatic N) is 2. The number of hydrogen-bond donors (Lipinski definition) is 0. The molecule has 0 N–H and O–H groups in total. The van der Waals surface area contributed by atoms with Crippen molar-refractivity contribution in [3.05, 3.63) is 69.8 Å². The Morgan fingerprint density at radius 2 is 1.86 bits per heavy atom. The molecule has 5 rings (SSSR count). The number of cyclic esters (lactones) is 1. The number of benzene rings is 2. The quantitative estimate of drug-likeness (QED) is 0.327. The molecule has 3 aliphatic rings. The number of methoxy groups -OCH3 is 1. The summed E-state index contributed by atoms with van der Waals surface area (Å²) in [5.41, 5.74) is 4.84. The number of amides is 1. The summed E-state index contributed by atoms with van der Waals surface area (Å²) in [6.45, 7) is 12.6. The van der Waals surface area contributed by atoms with Crippen molar-refractivity contribution in [2.24, 2.45) is 5.41 Å². The number of alkyl halides is 3. The van der Waals surface area contributed by atoms with Crippen molar-refractivity contribution in [2.75, 3.05) is 20.2 Å². The number of likely N-dealkylation sites (tertiary alicyclic amines) is 1. The summed E-state index contributed by atoms with van der Waals surface area (Å²) in [5, 5.41) is 0. The molecule has 228 valence electrons. The zero-order valence-electron chi connectivity index (χ0n) is 25.6. The van der Waals surface area contributed by atoms with Gasteiger partial charge in [0.05, 0.1) is 18.7 Å². The van der Waals surface area contributed by atoms with Gasteiger partial charge in [0, 0.05) is 24.7 Å². The van der Waals surface area contributed by atoms with Crippen molar-refractivity contribution < 1.29 is 27.4 Å². The molecule has 42 heavy (non-hydrogen) atoms. The molecular weight excluding hydrogens is 541 g/mol. The van der Waals surface area contributed by atoms with E-state index in [9.17, 15) is 18.0 Å². The summed E-state index contributed by atoms with van der Waals surface area (Å²) in [6.07, 6.45) is -0.633. The highest BCUT2D eigenvalue weighted by atomic mass is 19.4. The Kier molecular flexibility index (Phi) is 8.40. The van der Waals surface area contributed by atoms with Gasteiger partial charge in [-0.1, -0.05) is 31.5 Å². The summed E-state index contributed by atoms with van der Waals surface area (Å²) >= 11 is 0. The summed E-state index contributed by atoms with van der Waals surface area (Å²) in [4.78, 5) is 17.4. The van der Waals surface area contributed by atoms with Crippen molar-refractivity contribution in [3.63, 3.8) is 0 Å². The van der Waals surface area contributed by atoms with Gasteiger partial charge in [-0.25, -0.2) is 4.79 Å². The molecule has 0 spiro atoms. The van der Waals surface area contributed by atoms with Gasteiger partial charge in [0.25, 0.3) is 0 Å². The standard InChI is InChI=1S/C34H43F3N2O3/c1-21-14-25(17-27(15-21)34(35,36)37)31-23(3)39(32(40)42-31)20-26-18-33(4,5)12-11-28(26)29-16-24(9-10-30(29)41-6)19-38-13-7-8-22(38)2/h9-10,14-17,22-23,31H,7-8,11-13,18-20H2,1-6H3/t22-,23-,31-/m0/s1. The summed E-state index contributed by atoms with van der Waals surface area (Å²) in [7, 11) is 1.69. The van der Waals surface area contributed by atoms with Crippen LogP contribution in [0.2, 0.25) is 0 Å². The average Bonchev–Trinajstić information content (AvgIpc) is 3.44. The van der Waals surface area contributed by atoms with Crippen molar-refractivity contribution in [1.82, 2.24) is 9.80 Å². The minimum atomic E-state index is -4.47. The number of hydrogen-bond acceptors (Lipinski definition) is 4. The Morgan fingerprint density at radius 1 is 1.10 bits per heavy atom. The zero-order valence-corrected chi connectivity index (χ0v) is 25.6. The van der Waals surface area contributed by atoms with Crippen LogP contribution in [0.3, 0.4) is 0 Å². The Bertz CT molecular complexity index is 1370. The molecule has 2 aliphatic heterocycles. The molecule has 5 nitrogen and oxygen atoms in total. The lowest BCUT2D eigenvalue weighted by Crippen LogP contribution is -2.35. The molecule has 1 aliphatic carbocycles. The van der Waals surface area contributed by atoms with Crippen LogP contribution < -0.4 is 4.74 Å². The SMILES string of the molecule is COc1ccc(CN2CCC[C@@H]2C)cc1C1=C(CN2C(=O)O[C@H](c3cc(C)cc(C(F)(F)F)c3)[C@@H]2C)CC(C)(C)CC1. The average molecular weight is 585 g/mol. The van der Waals surface area contributed by atoms with Gasteiger partial charge in [0.15, 0.2) is 0 Å². The minimum absolute atomic E-state index is 0.0546. The summed E-state index contributed by atoms with van der Waals surface area (Å²) < 4.78 is 52.3. The fourth-order valence-corrected chi connectivity index (χ4v) is 6.95. The molecular formula is C34H43F3N2O3. The van der Waals surface area contributed by atoms with Crippen LogP contribution in [0.4, 0.5) is 18.0 Å². The molecule has 0 bridgehead atoms. The van der Waals surface area contributed by atoms with E-state index < -0.39 is 30.0 Å². The number of ether oxygens (including phenoxy) is 2. The first-order valence-electron chi connectivity index (χ1n) is 15.0. The second-order valence-electron chi connectivity index (χ2n) is 13.2. The second kappa shape index (κ2) is 11.6. The van der Waals surface area contributed by atoms with E-state index in [-0.39, 0.29) is 5.41 Å². The maximum absolute atomic E-state index is 13.6.